The number of hydrogen-bond donors (Lipinski definition) is 2. The highest BCUT2D eigenvalue weighted by molar-refractivity contribution is 5.74. The molecule has 5 heteroatoms. The molecule has 0 aromatic heterocycles. The summed E-state index contributed by atoms with van der Waals surface area (Å²) in [6, 6.07) is 10.8. The summed E-state index contributed by atoms with van der Waals surface area (Å²) in [6.07, 6.45) is 2.29. The van der Waals surface area contributed by atoms with Crippen LogP contribution in [-0.4, -0.2) is 58.8 Å². The van der Waals surface area contributed by atoms with Crippen LogP contribution in [0.2, 0.25) is 0 Å². The Labute approximate surface area is 145 Å². The average molecular weight is 333 g/mol. The second-order valence-corrected chi connectivity index (χ2v) is 7.26. The lowest BCUT2D eigenvalue weighted by molar-refractivity contribution is 0.0477. The number of carbonyl (C=O) groups excluding carboxylic acids is 1. The van der Waals surface area contributed by atoms with Crippen LogP contribution in [-0.2, 0) is 6.54 Å². The summed E-state index contributed by atoms with van der Waals surface area (Å²) in [7, 11) is 0. The van der Waals surface area contributed by atoms with Gasteiger partial charge < -0.3 is 15.3 Å². The van der Waals surface area contributed by atoms with Gasteiger partial charge in [-0.05, 0) is 45.7 Å². The lowest BCUT2D eigenvalue weighted by Crippen LogP contribution is -2.49. The first-order valence-corrected chi connectivity index (χ1v) is 8.92. The minimum atomic E-state index is -0.875. The number of carbonyl (C=O) groups is 1. The van der Waals surface area contributed by atoms with Crippen molar-refractivity contribution in [3.8, 4) is 0 Å². The zero-order valence-electron chi connectivity index (χ0n) is 15.2. The van der Waals surface area contributed by atoms with Crippen LogP contribution in [0.1, 0.15) is 39.2 Å². The molecule has 0 aliphatic carbocycles. The van der Waals surface area contributed by atoms with E-state index in [-0.39, 0.29) is 6.03 Å². The number of nitrogens with one attached hydrogen (secondary N) is 1. The SMILES string of the molecule is CCN(CC(C)(C)O)C(=O)NCC1CCCN1Cc1ccccc1. The minimum Gasteiger partial charge on any atom is -0.389 e. The van der Waals surface area contributed by atoms with Gasteiger partial charge in [-0.15, -0.1) is 0 Å². The molecule has 0 radical (unpaired) electrons. The monoisotopic (exact) mass is 333 g/mol. The van der Waals surface area contributed by atoms with Gasteiger partial charge in [-0.25, -0.2) is 4.79 Å². The third-order valence-electron chi connectivity index (χ3n) is 4.46. The molecule has 2 amide bonds. The van der Waals surface area contributed by atoms with Crippen molar-refractivity contribution in [3.63, 3.8) is 0 Å². The van der Waals surface area contributed by atoms with Crippen LogP contribution >= 0.6 is 0 Å². The summed E-state index contributed by atoms with van der Waals surface area (Å²) in [5.41, 5.74) is 0.438. The van der Waals surface area contributed by atoms with E-state index in [4.69, 9.17) is 0 Å². The van der Waals surface area contributed by atoms with Crippen molar-refractivity contribution in [3.05, 3.63) is 35.9 Å². The molecule has 1 aromatic carbocycles. The van der Waals surface area contributed by atoms with Gasteiger partial charge in [0.2, 0.25) is 0 Å². The van der Waals surface area contributed by atoms with E-state index in [1.807, 2.05) is 13.0 Å². The minimum absolute atomic E-state index is 0.0915. The Balaban J connectivity index is 1.84. The van der Waals surface area contributed by atoms with Crippen molar-refractivity contribution in [1.29, 1.82) is 0 Å². The zero-order valence-corrected chi connectivity index (χ0v) is 15.2. The smallest absolute Gasteiger partial charge is 0.317 e. The van der Waals surface area contributed by atoms with E-state index < -0.39 is 5.60 Å². The fraction of sp³-hybridized carbons (Fsp3) is 0.632. The lowest BCUT2D eigenvalue weighted by atomic mass is 10.1. The van der Waals surface area contributed by atoms with Crippen molar-refractivity contribution in [2.75, 3.05) is 26.2 Å². The first-order chi connectivity index (χ1) is 11.4. The summed E-state index contributed by atoms with van der Waals surface area (Å²) in [5.74, 6) is 0. The van der Waals surface area contributed by atoms with Gasteiger partial charge >= 0.3 is 6.03 Å². The number of likely N-dealkylation sites (tertiary alicyclic amines) is 1. The number of amides is 2. The third kappa shape index (κ3) is 5.80. The summed E-state index contributed by atoms with van der Waals surface area (Å²) >= 11 is 0. The van der Waals surface area contributed by atoms with E-state index in [0.29, 0.717) is 25.7 Å². The Hall–Kier alpha value is -1.59. The predicted octanol–water partition coefficient (Wildman–Crippen LogP) is 2.45. The van der Waals surface area contributed by atoms with Crippen molar-refractivity contribution < 1.29 is 9.90 Å². The Morgan fingerprint density at radius 2 is 2.08 bits per heavy atom. The maximum Gasteiger partial charge on any atom is 0.317 e. The molecular weight excluding hydrogens is 302 g/mol. The summed E-state index contributed by atoms with van der Waals surface area (Å²) < 4.78 is 0. The van der Waals surface area contributed by atoms with Gasteiger partial charge in [0.15, 0.2) is 0 Å². The van der Waals surface area contributed by atoms with Gasteiger partial charge in [0.25, 0.3) is 0 Å². The van der Waals surface area contributed by atoms with E-state index >= 15 is 0 Å². The van der Waals surface area contributed by atoms with E-state index in [2.05, 4.69) is 34.5 Å². The molecule has 1 aliphatic rings. The van der Waals surface area contributed by atoms with Crippen LogP contribution in [0.3, 0.4) is 0 Å². The number of aliphatic hydroxyl groups is 1. The molecule has 1 unspecified atom stereocenters. The Bertz CT molecular complexity index is 513. The fourth-order valence-electron chi connectivity index (χ4n) is 3.26. The van der Waals surface area contributed by atoms with Crippen molar-refractivity contribution in [2.45, 2.75) is 51.8 Å². The largest absolute Gasteiger partial charge is 0.389 e. The Morgan fingerprint density at radius 3 is 2.71 bits per heavy atom. The first kappa shape index (κ1) is 18.7. The summed E-state index contributed by atoms with van der Waals surface area (Å²) in [6.45, 7) is 8.99. The van der Waals surface area contributed by atoms with Gasteiger partial charge in [0, 0.05) is 25.7 Å². The molecular formula is C19H31N3O2. The molecule has 2 rings (SSSR count). The van der Waals surface area contributed by atoms with E-state index in [1.165, 1.54) is 12.0 Å². The molecule has 1 atom stereocenters. The van der Waals surface area contributed by atoms with E-state index in [9.17, 15) is 9.90 Å². The first-order valence-electron chi connectivity index (χ1n) is 8.92. The van der Waals surface area contributed by atoms with Crippen LogP contribution < -0.4 is 5.32 Å². The molecule has 2 N–H and O–H groups in total. The predicted molar refractivity (Wildman–Crippen MR) is 96.8 cm³/mol. The van der Waals surface area contributed by atoms with Gasteiger partial charge in [0.05, 0.1) is 12.1 Å². The van der Waals surface area contributed by atoms with Gasteiger partial charge in [-0.1, -0.05) is 30.3 Å². The number of rotatable bonds is 7. The van der Waals surface area contributed by atoms with Crippen LogP contribution in [0.25, 0.3) is 0 Å². The highest BCUT2D eigenvalue weighted by Gasteiger charge is 2.26. The van der Waals surface area contributed by atoms with Crippen molar-refractivity contribution in [1.82, 2.24) is 15.1 Å². The zero-order chi connectivity index (χ0) is 17.6. The molecule has 1 aliphatic heterocycles. The second kappa shape index (κ2) is 8.49. The van der Waals surface area contributed by atoms with Crippen molar-refractivity contribution in [2.24, 2.45) is 0 Å². The molecule has 0 saturated carbocycles. The fourth-order valence-corrected chi connectivity index (χ4v) is 3.26. The highest BCUT2D eigenvalue weighted by Crippen LogP contribution is 2.19. The van der Waals surface area contributed by atoms with Crippen molar-refractivity contribution >= 4 is 6.03 Å². The number of urea groups is 1. The number of likely N-dealkylation sites (N-methyl/N-ethyl adjacent to an activating group) is 1. The third-order valence-corrected chi connectivity index (χ3v) is 4.46. The average Bonchev–Trinajstić information content (AvgIpc) is 2.97. The normalized spacial score (nSPS) is 18.6. The van der Waals surface area contributed by atoms with Gasteiger partial charge in [0.1, 0.15) is 0 Å². The molecule has 0 bridgehead atoms. The van der Waals surface area contributed by atoms with Crippen LogP contribution in [0, 0.1) is 0 Å². The molecule has 1 aromatic rings. The molecule has 134 valence electrons. The number of hydrogen-bond acceptors (Lipinski definition) is 3. The standard InChI is InChI=1S/C19H31N3O2/c1-4-21(15-19(2,3)24)18(23)20-13-17-11-8-12-22(17)14-16-9-6-5-7-10-16/h5-7,9-10,17,24H,4,8,11-15H2,1-3H3,(H,20,23). The highest BCUT2D eigenvalue weighted by atomic mass is 16.3. The quantitative estimate of drug-likeness (QED) is 0.806. The molecule has 1 heterocycles. The Kier molecular flexibility index (Phi) is 6.63. The number of benzene rings is 1. The van der Waals surface area contributed by atoms with Gasteiger partial charge in [-0.2, -0.15) is 0 Å². The molecule has 1 fully saturated rings. The summed E-state index contributed by atoms with van der Waals surface area (Å²) in [4.78, 5) is 16.5. The topological polar surface area (TPSA) is 55.8 Å². The molecule has 1 saturated heterocycles. The van der Waals surface area contributed by atoms with Crippen LogP contribution in [0.4, 0.5) is 4.79 Å². The molecule has 5 nitrogen and oxygen atoms in total. The van der Waals surface area contributed by atoms with Crippen LogP contribution in [0.5, 0.6) is 0 Å². The maximum absolute atomic E-state index is 12.4. The Morgan fingerprint density at radius 1 is 1.38 bits per heavy atom. The lowest BCUT2D eigenvalue weighted by Gasteiger charge is -2.30. The van der Waals surface area contributed by atoms with Crippen LogP contribution in [0.15, 0.2) is 30.3 Å². The molecule has 0 spiro atoms. The molecule has 24 heavy (non-hydrogen) atoms. The summed E-state index contributed by atoms with van der Waals surface area (Å²) in [5, 5.41) is 13.0. The number of nitrogens with zero attached hydrogens (tertiary/aromatic N) is 2. The van der Waals surface area contributed by atoms with E-state index in [1.54, 1.807) is 18.7 Å². The van der Waals surface area contributed by atoms with Gasteiger partial charge in [-0.3, -0.25) is 4.90 Å². The second-order valence-electron chi connectivity index (χ2n) is 7.26. The van der Waals surface area contributed by atoms with E-state index in [0.717, 1.165) is 19.5 Å². The maximum atomic E-state index is 12.4.